The third-order valence-corrected chi connectivity index (χ3v) is 3.72. The number of methoxy groups -OCH3 is 1. The fraction of sp³-hybridized carbons (Fsp3) is 0.556. The Labute approximate surface area is 127 Å². The van der Waals surface area contributed by atoms with Crippen molar-refractivity contribution in [3.63, 3.8) is 0 Å². The van der Waals surface area contributed by atoms with Gasteiger partial charge >= 0.3 is 0 Å². The smallest absolute Gasteiger partial charge is 0.119 e. The van der Waals surface area contributed by atoms with Crippen LogP contribution < -0.4 is 4.74 Å². The third-order valence-electron chi connectivity index (χ3n) is 3.72. The summed E-state index contributed by atoms with van der Waals surface area (Å²) in [5.41, 5.74) is 2.27. The van der Waals surface area contributed by atoms with Gasteiger partial charge in [-0.05, 0) is 49.6 Å². The van der Waals surface area contributed by atoms with Crippen molar-refractivity contribution < 1.29 is 9.84 Å². The molecule has 0 radical (unpaired) electrons. The highest BCUT2D eigenvalue weighted by Crippen LogP contribution is 2.29. The number of nitrogens with zero attached hydrogens (tertiary/aromatic N) is 1. The lowest BCUT2D eigenvalue weighted by molar-refractivity contribution is 0.255. The predicted molar refractivity (Wildman–Crippen MR) is 85.3 cm³/mol. The van der Waals surface area contributed by atoms with Crippen LogP contribution in [0.15, 0.2) is 18.2 Å². The molecule has 1 aliphatic rings. The van der Waals surface area contributed by atoms with E-state index >= 15 is 0 Å². The van der Waals surface area contributed by atoms with Crippen molar-refractivity contribution in [1.29, 1.82) is 0 Å². The Bertz CT molecular complexity index is 512. The normalized spacial score (nSPS) is 13.9. The molecule has 21 heavy (non-hydrogen) atoms. The summed E-state index contributed by atoms with van der Waals surface area (Å²) in [5, 5.41) is 8.86. The summed E-state index contributed by atoms with van der Waals surface area (Å²) in [7, 11) is 1.70. The van der Waals surface area contributed by atoms with Crippen LogP contribution in [0.5, 0.6) is 5.75 Å². The first-order valence-electron chi connectivity index (χ1n) is 7.79. The molecule has 0 aromatic heterocycles. The van der Waals surface area contributed by atoms with E-state index in [1.165, 1.54) is 24.8 Å². The van der Waals surface area contributed by atoms with E-state index in [0.29, 0.717) is 6.42 Å². The molecule has 1 N–H and O–H groups in total. The lowest BCUT2D eigenvalue weighted by atomic mass is 10.1. The molecule has 0 saturated heterocycles. The van der Waals surface area contributed by atoms with E-state index in [1.54, 1.807) is 7.11 Å². The van der Waals surface area contributed by atoms with E-state index < -0.39 is 0 Å². The Morgan fingerprint density at radius 1 is 1.38 bits per heavy atom. The monoisotopic (exact) mass is 287 g/mol. The topological polar surface area (TPSA) is 32.7 Å². The summed E-state index contributed by atoms with van der Waals surface area (Å²) in [5.74, 6) is 7.08. The predicted octanol–water partition coefficient (Wildman–Crippen LogP) is 2.80. The Balaban J connectivity index is 2.19. The summed E-state index contributed by atoms with van der Waals surface area (Å²) in [4.78, 5) is 2.55. The van der Waals surface area contributed by atoms with Gasteiger partial charge in [0.1, 0.15) is 5.75 Å². The average molecular weight is 287 g/mol. The molecular weight excluding hydrogens is 262 g/mol. The molecular formula is C18H25NO2. The van der Waals surface area contributed by atoms with E-state index in [2.05, 4.69) is 29.7 Å². The molecule has 1 aromatic carbocycles. The molecule has 0 heterocycles. The van der Waals surface area contributed by atoms with Crippen LogP contribution >= 0.6 is 0 Å². The second-order valence-corrected chi connectivity index (χ2v) is 5.50. The van der Waals surface area contributed by atoms with Gasteiger partial charge in [-0.15, -0.1) is 0 Å². The third kappa shape index (κ3) is 4.77. The number of aliphatic hydroxyl groups excluding tert-OH is 1. The first kappa shape index (κ1) is 15.9. The minimum absolute atomic E-state index is 0.114. The molecule has 0 bridgehead atoms. The molecule has 0 amide bonds. The van der Waals surface area contributed by atoms with Crippen LogP contribution in [-0.4, -0.2) is 36.3 Å². The highest BCUT2D eigenvalue weighted by atomic mass is 16.5. The van der Waals surface area contributed by atoms with Crippen molar-refractivity contribution >= 4 is 0 Å². The lowest BCUT2D eigenvalue weighted by Crippen LogP contribution is -2.26. The van der Waals surface area contributed by atoms with Crippen LogP contribution in [0, 0.1) is 11.8 Å². The Morgan fingerprint density at radius 3 is 2.81 bits per heavy atom. The van der Waals surface area contributed by atoms with Crippen LogP contribution in [0.2, 0.25) is 0 Å². The average Bonchev–Trinajstić information content (AvgIpc) is 3.33. The maximum atomic E-state index is 8.86. The maximum Gasteiger partial charge on any atom is 0.119 e. The quantitative estimate of drug-likeness (QED) is 0.783. The molecule has 1 fully saturated rings. The summed E-state index contributed by atoms with van der Waals surface area (Å²) in [6.45, 7) is 4.40. The van der Waals surface area contributed by atoms with Crippen molar-refractivity contribution in [1.82, 2.24) is 4.90 Å². The van der Waals surface area contributed by atoms with Gasteiger partial charge in [-0.3, -0.25) is 4.90 Å². The molecule has 0 atom stereocenters. The van der Waals surface area contributed by atoms with Gasteiger partial charge in [0.05, 0.1) is 13.7 Å². The standard InChI is InChI=1S/C18H25NO2/c1-3-11-19(17-8-9-17)14-16-13-18(21-2)10-7-15(16)6-4-5-12-20/h7,10,13,17,20H,3,5,8-9,11-12,14H2,1-2H3. The van der Waals surface area contributed by atoms with Crippen molar-refractivity contribution in [2.75, 3.05) is 20.3 Å². The molecule has 0 aliphatic heterocycles. The van der Waals surface area contributed by atoms with Crippen LogP contribution in [-0.2, 0) is 6.54 Å². The van der Waals surface area contributed by atoms with Gasteiger partial charge in [0.15, 0.2) is 0 Å². The minimum Gasteiger partial charge on any atom is -0.497 e. The largest absolute Gasteiger partial charge is 0.497 e. The van der Waals surface area contributed by atoms with Gasteiger partial charge in [-0.2, -0.15) is 0 Å². The van der Waals surface area contributed by atoms with E-state index in [0.717, 1.165) is 30.4 Å². The van der Waals surface area contributed by atoms with Gasteiger partial charge in [-0.1, -0.05) is 18.8 Å². The number of ether oxygens (including phenoxy) is 1. The zero-order chi connectivity index (χ0) is 15.1. The second-order valence-electron chi connectivity index (χ2n) is 5.50. The molecule has 0 spiro atoms. The van der Waals surface area contributed by atoms with Crippen LogP contribution in [0.1, 0.15) is 43.7 Å². The zero-order valence-electron chi connectivity index (χ0n) is 13.1. The van der Waals surface area contributed by atoms with Gasteiger partial charge < -0.3 is 9.84 Å². The molecule has 1 saturated carbocycles. The molecule has 2 rings (SSSR count). The van der Waals surface area contributed by atoms with Gasteiger partial charge in [-0.25, -0.2) is 0 Å². The molecule has 1 aromatic rings. The molecule has 1 aliphatic carbocycles. The van der Waals surface area contributed by atoms with Crippen LogP contribution in [0.25, 0.3) is 0 Å². The Kier molecular flexibility index (Phi) is 6.10. The van der Waals surface area contributed by atoms with Crippen molar-refractivity contribution in [2.24, 2.45) is 0 Å². The van der Waals surface area contributed by atoms with E-state index in [-0.39, 0.29) is 6.61 Å². The first-order valence-corrected chi connectivity index (χ1v) is 7.79. The van der Waals surface area contributed by atoms with Crippen LogP contribution in [0.3, 0.4) is 0 Å². The van der Waals surface area contributed by atoms with Gasteiger partial charge in [0.2, 0.25) is 0 Å². The summed E-state index contributed by atoms with van der Waals surface area (Å²) in [6, 6.07) is 6.81. The SMILES string of the molecule is CCCN(Cc1cc(OC)ccc1C#CCCO)C1CC1. The number of hydrogen-bond donors (Lipinski definition) is 1. The number of hydrogen-bond acceptors (Lipinski definition) is 3. The fourth-order valence-corrected chi connectivity index (χ4v) is 2.50. The molecule has 114 valence electrons. The maximum absolute atomic E-state index is 8.86. The van der Waals surface area contributed by atoms with E-state index in [9.17, 15) is 0 Å². The number of rotatable bonds is 7. The first-order chi connectivity index (χ1) is 10.3. The second kappa shape index (κ2) is 8.07. The number of benzene rings is 1. The summed E-state index contributed by atoms with van der Waals surface area (Å²) in [6.07, 6.45) is 4.32. The lowest BCUT2D eigenvalue weighted by Gasteiger charge is -2.22. The molecule has 3 heteroatoms. The summed E-state index contributed by atoms with van der Waals surface area (Å²) < 4.78 is 5.35. The van der Waals surface area contributed by atoms with E-state index in [1.807, 2.05) is 12.1 Å². The number of aliphatic hydroxyl groups is 1. The van der Waals surface area contributed by atoms with Crippen molar-refractivity contribution in [3.8, 4) is 17.6 Å². The Hall–Kier alpha value is -1.50. The molecule has 0 unspecified atom stereocenters. The van der Waals surface area contributed by atoms with Crippen LogP contribution in [0.4, 0.5) is 0 Å². The fourth-order valence-electron chi connectivity index (χ4n) is 2.50. The highest BCUT2D eigenvalue weighted by molar-refractivity contribution is 5.45. The van der Waals surface area contributed by atoms with Crippen molar-refractivity contribution in [2.45, 2.75) is 45.2 Å². The van der Waals surface area contributed by atoms with Gasteiger partial charge in [0, 0.05) is 24.6 Å². The zero-order valence-corrected chi connectivity index (χ0v) is 13.1. The Morgan fingerprint density at radius 2 is 2.19 bits per heavy atom. The van der Waals surface area contributed by atoms with Crippen molar-refractivity contribution in [3.05, 3.63) is 29.3 Å². The summed E-state index contributed by atoms with van der Waals surface area (Å²) >= 11 is 0. The molecule has 3 nitrogen and oxygen atoms in total. The minimum atomic E-state index is 0.114. The van der Waals surface area contributed by atoms with E-state index in [4.69, 9.17) is 9.84 Å². The highest BCUT2D eigenvalue weighted by Gasteiger charge is 2.28. The van der Waals surface area contributed by atoms with Gasteiger partial charge in [0.25, 0.3) is 0 Å².